The van der Waals surface area contributed by atoms with Gasteiger partial charge in [0.1, 0.15) is 0 Å². The number of rotatable bonds is 3. The fourth-order valence-electron chi connectivity index (χ4n) is 1.75. The van der Waals surface area contributed by atoms with Gasteiger partial charge in [-0.2, -0.15) is 0 Å². The smallest absolute Gasteiger partial charge is 0.251 e. The highest BCUT2D eigenvalue weighted by molar-refractivity contribution is 9.10. The van der Waals surface area contributed by atoms with Crippen LogP contribution in [0.5, 0.6) is 0 Å². The van der Waals surface area contributed by atoms with Crippen molar-refractivity contribution in [1.82, 2.24) is 5.32 Å². The van der Waals surface area contributed by atoms with Crippen LogP contribution in [0.3, 0.4) is 0 Å². The summed E-state index contributed by atoms with van der Waals surface area (Å²) >= 11 is 9.37. The first-order chi connectivity index (χ1) is 9.08. The molecule has 2 aromatic carbocycles. The predicted molar refractivity (Wildman–Crippen MR) is 81.5 cm³/mol. The Hall–Kier alpha value is -1.32. The minimum atomic E-state index is -0.115. The summed E-state index contributed by atoms with van der Waals surface area (Å²) < 4.78 is 0.984. The van der Waals surface area contributed by atoms with Crippen LogP contribution in [0.15, 0.2) is 46.9 Å². The van der Waals surface area contributed by atoms with E-state index in [4.69, 9.17) is 11.6 Å². The zero-order valence-electron chi connectivity index (χ0n) is 10.4. The van der Waals surface area contributed by atoms with Crippen molar-refractivity contribution < 1.29 is 4.79 Å². The Kier molecular flexibility index (Phi) is 4.61. The highest BCUT2D eigenvalue weighted by atomic mass is 79.9. The molecule has 0 bridgehead atoms. The first-order valence-corrected chi connectivity index (χ1v) is 7.03. The number of benzene rings is 2. The van der Waals surface area contributed by atoms with Crippen LogP contribution < -0.4 is 5.32 Å². The van der Waals surface area contributed by atoms with E-state index >= 15 is 0 Å². The van der Waals surface area contributed by atoms with Crippen LogP contribution in [0.25, 0.3) is 0 Å². The van der Waals surface area contributed by atoms with E-state index in [1.807, 2.05) is 37.3 Å². The van der Waals surface area contributed by atoms with E-state index in [1.165, 1.54) is 0 Å². The zero-order chi connectivity index (χ0) is 13.8. The van der Waals surface area contributed by atoms with Crippen molar-refractivity contribution in [2.24, 2.45) is 0 Å². The molecule has 0 unspecified atom stereocenters. The van der Waals surface area contributed by atoms with Gasteiger partial charge in [0.25, 0.3) is 5.91 Å². The molecule has 4 heteroatoms. The zero-order valence-corrected chi connectivity index (χ0v) is 12.8. The van der Waals surface area contributed by atoms with E-state index in [9.17, 15) is 4.79 Å². The van der Waals surface area contributed by atoms with Gasteiger partial charge in [-0.1, -0.05) is 51.8 Å². The van der Waals surface area contributed by atoms with Gasteiger partial charge in [0.15, 0.2) is 0 Å². The van der Waals surface area contributed by atoms with Crippen LogP contribution in [-0.2, 0) is 6.54 Å². The molecule has 0 saturated heterocycles. The molecule has 0 fully saturated rings. The molecule has 1 N–H and O–H groups in total. The lowest BCUT2D eigenvalue weighted by atomic mass is 10.1. The number of aryl methyl sites for hydroxylation is 1. The topological polar surface area (TPSA) is 29.1 Å². The SMILES string of the molecule is Cc1ccc(Cl)cc1C(=O)NCc1ccccc1Br. The van der Waals surface area contributed by atoms with Crippen molar-refractivity contribution in [2.75, 3.05) is 0 Å². The summed E-state index contributed by atoms with van der Waals surface area (Å²) in [5, 5.41) is 3.46. The van der Waals surface area contributed by atoms with Gasteiger partial charge in [0.2, 0.25) is 0 Å². The van der Waals surface area contributed by atoms with Gasteiger partial charge < -0.3 is 5.32 Å². The Balaban J connectivity index is 2.10. The molecule has 2 rings (SSSR count). The normalized spacial score (nSPS) is 10.3. The van der Waals surface area contributed by atoms with E-state index in [0.29, 0.717) is 17.1 Å². The summed E-state index contributed by atoms with van der Waals surface area (Å²) in [6, 6.07) is 13.1. The second-order valence-corrected chi connectivity index (χ2v) is 5.52. The van der Waals surface area contributed by atoms with Gasteiger partial charge in [-0.15, -0.1) is 0 Å². The molecule has 0 aromatic heterocycles. The van der Waals surface area contributed by atoms with E-state index in [2.05, 4.69) is 21.2 Å². The number of hydrogen-bond acceptors (Lipinski definition) is 1. The number of nitrogens with one attached hydrogen (secondary N) is 1. The molecular formula is C15H13BrClNO. The molecule has 0 atom stereocenters. The van der Waals surface area contributed by atoms with Crippen LogP contribution in [0.1, 0.15) is 21.5 Å². The highest BCUT2D eigenvalue weighted by Crippen LogP contribution is 2.17. The van der Waals surface area contributed by atoms with Crippen molar-refractivity contribution in [3.05, 3.63) is 68.7 Å². The maximum atomic E-state index is 12.1. The minimum Gasteiger partial charge on any atom is -0.348 e. The fourth-order valence-corrected chi connectivity index (χ4v) is 2.35. The van der Waals surface area contributed by atoms with E-state index in [0.717, 1.165) is 15.6 Å². The summed E-state index contributed by atoms with van der Waals surface area (Å²) in [6.07, 6.45) is 0. The maximum absolute atomic E-state index is 12.1. The third-order valence-electron chi connectivity index (χ3n) is 2.84. The van der Waals surface area contributed by atoms with E-state index in [-0.39, 0.29) is 5.91 Å². The van der Waals surface area contributed by atoms with Gasteiger partial charge in [0.05, 0.1) is 0 Å². The number of halogens is 2. The van der Waals surface area contributed by atoms with Crippen molar-refractivity contribution in [2.45, 2.75) is 13.5 Å². The van der Waals surface area contributed by atoms with Gasteiger partial charge in [-0.05, 0) is 36.2 Å². The van der Waals surface area contributed by atoms with Crippen molar-refractivity contribution in [3.8, 4) is 0 Å². The van der Waals surface area contributed by atoms with Gasteiger partial charge in [-0.25, -0.2) is 0 Å². The van der Waals surface area contributed by atoms with Crippen LogP contribution in [0.2, 0.25) is 5.02 Å². The number of carbonyl (C=O) groups excluding carboxylic acids is 1. The van der Waals surface area contributed by atoms with Gasteiger partial charge in [-0.3, -0.25) is 4.79 Å². The number of hydrogen-bond donors (Lipinski definition) is 1. The third-order valence-corrected chi connectivity index (χ3v) is 3.85. The summed E-state index contributed by atoms with van der Waals surface area (Å²) in [5.74, 6) is -0.115. The Labute approximate surface area is 125 Å². The van der Waals surface area contributed by atoms with E-state index < -0.39 is 0 Å². The first-order valence-electron chi connectivity index (χ1n) is 5.85. The monoisotopic (exact) mass is 337 g/mol. The van der Waals surface area contributed by atoms with Crippen molar-refractivity contribution in [3.63, 3.8) is 0 Å². The summed E-state index contributed by atoms with van der Waals surface area (Å²) in [4.78, 5) is 12.1. The van der Waals surface area contributed by atoms with Gasteiger partial charge in [0, 0.05) is 21.6 Å². The summed E-state index contributed by atoms with van der Waals surface area (Å²) in [7, 11) is 0. The lowest BCUT2D eigenvalue weighted by molar-refractivity contribution is 0.0950. The lowest BCUT2D eigenvalue weighted by Gasteiger charge is -2.09. The fraction of sp³-hybridized carbons (Fsp3) is 0.133. The Morgan fingerprint density at radius 1 is 1.26 bits per heavy atom. The van der Waals surface area contributed by atoms with Crippen molar-refractivity contribution >= 4 is 33.4 Å². The van der Waals surface area contributed by atoms with E-state index in [1.54, 1.807) is 12.1 Å². The molecule has 19 heavy (non-hydrogen) atoms. The van der Waals surface area contributed by atoms with Crippen LogP contribution in [0.4, 0.5) is 0 Å². The average Bonchev–Trinajstić information content (AvgIpc) is 2.40. The Morgan fingerprint density at radius 2 is 2.00 bits per heavy atom. The summed E-state index contributed by atoms with van der Waals surface area (Å²) in [6.45, 7) is 2.37. The quantitative estimate of drug-likeness (QED) is 0.886. The first kappa shape index (κ1) is 14.1. The molecule has 0 aliphatic carbocycles. The minimum absolute atomic E-state index is 0.115. The average molecular weight is 339 g/mol. The van der Waals surface area contributed by atoms with Crippen LogP contribution in [-0.4, -0.2) is 5.91 Å². The molecule has 0 radical (unpaired) electrons. The van der Waals surface area contributed by atoms with Crippen LogP contribution in [0, 0.1) is 6.92 Å². The maximum Gasteiger partial charge on any atom is 0.251 e. The molecule has 0 spiro atoms. The third kappa shape index (κ3) is 3.58. The molecule has 0 aliphatic heterocycles. The second kappa shape index (κ2) is 6.22. The Morgan fingerprint density at radius 3 is 2.74 bits per heavy atom. The summed E-state index contributed by atoms with van der Waals surface area (Å²) in [5.41, 5.74) is 2.56. The molecule has 2 nitrogen and oxygen atoms in total. The largest absolute Gasteiger partial charge is 0.348 e. The molecule has 2 aromatic rings. The molecule has 0 saturated carbocycles. The number of carbonyl (C=O) groups is 1. The number of amides is 1. The second-order valence-electron chi connectivity index (χ2n) is 4.23. The standard InChI is InChI=1S/C15H13BrClNO/c1-10-6-7-12(17)8-13(10)15(19)18-9-11-4-2-3-5-14(11)16/h2-8H,9H2,1H3,(H,18,19). The molecule has 1 amide bonds. The van der Waals surface area contributed by atoms with Crippen LogP contribution >= 0.6 is 27.5 Å². The molecule has 0 aliphatic rings. The van der Waals surface area contributed by atoms with Gasteiger partial charge >= 0.3 is 0 Å². The van der Waals surface area contributed by atoms with Crippen molar-refractivity contribution in [1.29, 1.82) is 0 Å². The predicted octanol–water partition coefficient (Wildman–Crippen LogP) is 4.34. The lowest BCUT2D eigenvalue weighted by Crippen LogP contribution is -2.23. The molecule has 98 valence electrons. The molecular weight excluding hydrogens is 326 g/mol. The molecule has 0 heterocycles. The highest BCUT2D eigenvalue weighted by Gasteiger charge is 2.09. The Bertz CT molecular complexity index is 613.